The van der Waals surface area contributed by atoms with Gasteiger partial charge in [-0.3, -0.25) is 19.3 Å². The van der Waals surface area contributed by atoms with Gasteiger partial charge in [-0.15, -0.1) is 0 Å². The fourth-order valence-corrected chi connectivity index (χ4v) is 8.58. The molecule has 4 saturated carbocycles. The average Bonchev–Trinajstić information content (AvgIpc) is 2.97. The van der Waals surface area contributed by atoms with E-state index in [1.807, 2.05) is 24.3 Å². The second-order valence-corrected chi connectivity index (χ2v) is 14.1. The highest BCUT2D eigenvalue weighted by atomic mass is 16.5. The Hall–Kier alpha value is -2.87. The van der Waals surface area contributed by atoms with Gasteiger partial charge in [-0.1, -0.05) is 38.1 Å². The van der Waals surface area contributed by atoms with Crippen LogP contribution in [0.3, 0.4) is 0 Å². The molecule has 4 aliphatic carbocycles. The van der Waals surface area contributed by atoms with Crippen molar-refractivity contribution in [3.63, 3.8) is 0 Å². The molecular weight excluding hydrogens is 528 g/mol. The summed E-state index contributed by atoms with van der Waals surface area (Å²) in [6.07, 6.45) is 12.6. The Morgan fingerprint density at radius 3 is 2.40 bits per heavy atom. The first kappa shape index (κ1) is 29.2. The van der Waals surface area contributed by atoms with Gasteiger partial charge in [0.1, 0.15) is 12.4 Å². The summed E-state index contributed by atoms with van der Waals surface area (Å²) < 4.78 is 6.11. The molecule has 3 N–H and O–H groups in total. The van der Waals surface area contributed by atoms with Crippen LogP contribution in [0.25, 0.3) is 0 Å². The molecule has 2 heterocycles. The van der Waals surface area contributed by atoms with Gasteiger partial charge in [0.05, 0.1) is 23.6 Å². The standard InChI is InChI=1S/C34H48N4O4/c1-22(2)28-21-42-29-8-4-3-7-27(29)32(40)35-12-6-5-9-34(33(41)36-28)10-13-38(14-11-34)20-30(39)37-31-25-16-23-15-24(18-25)19-26(31)17-23/h3-8,22-26,28,31H,9-21H2,1-2H3,(H,35,40)(H,36,41)(H,37,39)/b6-5+/t23?,24?,25?,26?,28-,31?/m0/s1. The van der Waals surface area contributed by atoms with Crippen LogP contribution < -0.4 is 20.7 Å². The van der Waals surface area contributed by atoms with Crippen molar-refractivity contribution in [3.05, 3.63) is 42.0 Å². The largest absolute Gasteiger partial charge is 0.491 e. The Labute approximate surface area is 250 Å². The molecule has 0 radical (unpaired) electrons. The molecule has 2 aliphatic heterocycles. The van der Waals surface area contributed by atoms with Crippen LogP contribution >= 0.6 is 0 Å². The van der Waals surface area contributed by atoms with E-state index >= 15 is 0 Å². The topological polar surface area (TPSA) is 99.8 Å². The number of nitrogens with zero attached hydrogens (tertiary/aromatic N) is 1. The number of benzene rings is 1. The normalized spacial score (nSPS) is 33.7. The minimum absolute atomic E-state index is 0.0570. The lowest BCUT2D eigenvalue weighted by Crippen LogP contribution is -2.58. The van der Waals surface area contributed by atoms with E-state index in [0.717, 1.165) is 11.8 Å². The summed E-state index contributed by atoms with van der Waals surface area (Å²) in [5.41, 5.74) is -0.0580. The summed E-state index contributed by atoms with van der Waals surface area (Å²) in [6.45, 7) is 6.66. The molecule has 8 nitrogen and oxygen atoms in total. The molecule has 3 amide bonds. The number of hydrogen-bond acceptors (Lipinski definition) is 5. The van der Waals surface area contributed by atoms with E-state index in [1.165, 1.54) is 32.1 Å². The smallest absolute Gasteiger partial charge is 0.255 e. The Morgan fingerprint density at radius 2 is 1.71 bits per heavy atom. The van der Waals surface area contributed by atoms with Crippen molar-refractivity contribution in [2.75, 3.05) is 32.8 Å². The van der Waals surface area contributed by atoms with Gasteiger partial charge in [0, 0.05) is 12.6 Å². The third-order valence-electron chi connectivity index (χ3n) is 10.9. The quantitative estimate of drug-likeness (QED) is 0.472. The number of nitrogens with one attached hydrogen (secondary N) is 3. The van der Waals surface area contributed by atoms with Gasteiger partial charge in [0.25, 0.3) is 5.91 Å². The molecule has 5 fully saturated rings. The van der Waals surface area contributed by atoms with Crippen LogP contribution in [0.15, 0.2) is 36.4 Å². The third kappa shape index (κ3) is 6.24. The van der Waals surface area contributed by atoms with Crippen LogP contribution in [0.2, 0.25) is 0 Å². The maximum Gasteiger partial charge on any atom is 0.255 e. The molecule has 1 aromatic rings. The molecule has 6 aliphatic rings. The highest BCUT2D eigenvalue weighted by Crippen LogP contribution is 2.53. The zero-order valence-electron chi connectivity index (χ0n) is 25.3. The number of para-hydroxylation sites is 1. The van der Waals surface area contributed by atoms with Crippen molar-refractivity contribution in [1.82, 2.24) is 20.9 Å². The molecule has 1 aromatic carbocycles. The fraction of sp³-hybridized carbons (Fsp3) is 0.676. The summed E-state index contributed by atoms with van der Waals surface area (Å²) in [6, 6.07) is 7.40. The Balaban J connectivity index is 1.09. The molecule has 42 heavy (non-hydrogen) atoms. The third-order valence-corrected chi connectivity index (χ3v) is 10.9. The lowest BCUT2D eigenvalue weighted by molar-refractivity contribution is -0.135. The number of fused-ring (bicyclic) bond motifs is 1. The minimum atomic E-state index is -0.552. The summed E-state index contributed by atoms with van der Waals surface area (Å²) in [7, 11) is 0. The first-order valence-electron chi connectivity index (χ1n) is 16.3. The molecule has 228 valence electrons. The molecule has 4 bridgehead atoms. The number of piperidine rings is 1. The predicted molar refractivity (Wildman–Crippen MR) is 162 cm³/mol. The number of carbonyl (C=O) groups excluding carboxylic acids is 3. The van der Waals surface area contributed by atoms with Crippen LogP contribution in [-0.4, -0.2) is 67.5 Å². The van der Waals surface area contributed by atoms with E-state index in [4.69, 9.17) is 4.74 Å². The summed E-state index contributed by atoms with van der Waals surface area (Å²) >= 11 is 0. The molecule has 1 atom stereocenters. The van der Waals surface area contributed by atoms with Crippen LogP contribution in [0.5, 0.6) is 5.75 Å². The van der Waals surface area contributed by atoms with Gasteiger partial charge < -0.3 is 20.7 Å². The van der Waals surface area contributed by atoms with Gasteiger partial charge in [-0.25, -0.2) is 0 Å². The van der Waals surface area contributed by atoms with E-state index in [2.05, 4.69) is 34.7 Å². The average molecular weight is 577 g/mol. The van der Waals surface area contributed by atoms with Crippen molar-refractivity contribution in [3.8, 4) is 5.75 Å². The lowest BCUT2D eigenvalue weighted by Gasteiger charge is -2.54. The van der Waals surface area contributed by atoms with Crippen LogP contribution in [-0.2, 0) is 9.59 Å². The van der Waals surface area contributed by atoms with E-state index in [1.54, 1.807) is 12.1 Å². The van der Waals surface area contributed by atoms with E-state index < -0.39 is 5.41 Å². The summed E-state index contributed by atoms with van der Waals surface area (Å²) in [4.78, 5) is 42.2. The number of rotatable bonds is 4. The molecule has 1 spiro atoms. The van der Waals surface area contributed by atoms with Gasteiger partial charge >= 0.3 is 0 Å². The van der Waals surface area contributed by atoms with Crippen LogP contribution in [0.1, 0.15) is 75.6 Å². The van der Waals surface area contributed by atoms with Gasteiger partial charge in [-0.2, -0.15) is 0 Å². The number of likely N-dealkylation sites (tertiary alicyclic amines) is 1. The number of hydrogen-bond donors (Lipinski definition) is 3. The highest BCUT2D eigenvalue weighted by Gasteiger charge is 2.49. The van der Waals surface area contributed by atoms with Gasteiger partial charge in [-0.05, 0) is 106 Å². The maximum atomic E-state index is 13.9. The van der Waals surface area contributed by atoms with Crippen molar-refractivity contribution in [2.24, 2.45) is 35.0 Å². The number of carbonyl (C=O) groups is 3. The zero-order chi connectivity index (χ0) is 29.3. The van der Waals surface area contributed by atoms with Crippen molar-refractivity contribution >= 4 is 17.7 Å². The Bertz CT molecular complexity index is 1160. The fourth-order valence-electron chi connectivity index (χ4n) is 8.58. The Morgan fingerprint density at radius 1 is 1.02 bits per heavy atom. The van der Waals surface area contributed by atoms with Gasteiger partial charge in [0.2, 0.25) is 11.8 Å². The van der Waals surface area contributed by atoms with E-state index in [-0.39, 0.29) is 36.3 Å². The van der Waals surface area contributed by atoms with E-state index in [0.29, 0.717) is 74.6 Å². The molecule has 1 saturated heterocycles. The van der Waals surface area contributed by atoms with Crippen LogP contribution in [0.4, 0.5) is 0 Å². The molecular formula is C34H48N4O4. The Kier molecular flexibility index (Phi) is 8.62. The van der Waals surface area contributed by atoms with Crippen molar-refractivity contribution in [1.29, 1.82) is 0 Å². The predicted octanol–water partition coefficient (Wildman–Crippen LogP) is 3.92. The maximum absolute atomic E-state index is 13.9. The monoisotopic (exact) mass is 576 g/mol. The number of allylic oxidation sites excluding steroid dienone is 1. The SMILES string of the molecule is CC(C)[C@@H]1COc2ccccc2C(=O)NC/C=C/CC2(CCN(CC(=O)NC3C4CC5CC(C4)CC3C5)CC2)C(=O)N1. The molecule has 0 unspecified atom stereocenters. The second kappa shape index (κ2) is 12.4. The zero-order valence-corrected chi connectivity index (χ0v) is 25.3. The van der Waals surface area contributed by atoms with Crippen molar-refractivity contribution in [2.45, 2.75) is 77.3 Å². The second-order valence-electron chi connectivity index (χ2n) is 14.1. The minimum Gasteiger partial charge on any atom is -0.491 e. The summed E-state index contributed by atoms with van der Waals surface area (Å²) in [5, 5.41) is 9.72. The first-order valence-corrected chi connectivity index (χ1v) is 16.3. The molecule has 8 heteroatoms. The highest BCUT2D eigenvalue weighted by molar-refractivity contribution is 5.97. The number of ether oxygens (including phenoxy) is 1. The number of amides is 3. The van der Waals surface area contributed by atoms with E-state index in [9.17, 15) is 14.4 Å². The molecule has 7 rings (SSSR count). The first-order chi connectivity index (χ1) is 20.3. The lowest BCUT2D eigenvalue weighted by atomic mass is 9.54. The van der Waals surface area contributed by atoms with Crippen LogP contribution in [0, 0.1) is 35.0 Å². The molecule has 0 aromatic heterocycles. The van der Waals surface area contributed by atoms with Crippen molar-refractivity contribution < 1.29 is 19.1 Å². The van der Waals surface area contributed by atoms with Gasteiger partial charge in [0.15, 0.2) is 0 Å². The summed E-state index contributed by atoms with van der Waals surface area (Å²) in [5.74, 6) is 3.84.